The van der Waals surface area contributed by atoms with Gasteiger partial charge in [-0.25, -0.2) is 0 Å². The maximum absolute atomic E-state index is 13.3. The van der Waals surface area contributed by atoms with E-state index in [1.54, 1.807) is 19.1 Å². The number of carbonyl (C=O) groups is 3. The van der Waals surface area contributed by atoms with Gasteiger partial charge in [0.25, 0.3) is 0 Å². The average molecular weight is 498 g/mol. The molecule has 6 N–H and O–H groups in total. The van der Waals surface area contributed by atoms with Gasteiger partial charge in [-0.2, -0.15) is 0 Å². The van der Waals surface area contributed by atoms with Crippen LogP contribution in [0.2, 0.25) is 0 Å². The number of ether oxygens (including phenoxy) is 2. The lowest BCUT2D eigenvalue weighted by atomic mass is 9.72. The number of phenolic OH excluding ortho intramolecular Hbond substituents is 2. The number of hydrogen-bond acceptors (Lipinski definition) is 10. The van der Waals surface area contributed by atoms with E-state index in [9.17, 15) is 34.8 Å². The van der Waals surface area contributed by atoms with E-state index in [0.29, 0.717) is 0 Å². The number of hydrogen-bond donors (Lipinski definition) is 5. The van der Waals surface area contributed by atoms with Crippen LogP contribution in [0.1, 0.15) is 75.8 Å². The molecular weight excluding hydrogens is 470 g/mol. The van der Waals surface area contributed by atoms with Gasteiger partial charge in [-0.05, 0) is 13.8 Å². The molecule has 5 rings (SSSR count). The third-order valence-corrected chi connectivity index (χ3v) is 7.50. The molecule has 0 spiro atoms. The van der Waals surface area contributed by atoms with E-state index in [2.05, 4.69) is 0 Å². The topological polar surface area (TPSA) is 177 Å². The first-order valence-electron chi connectivity index (χ1n) is 11.7. The largest absolute Gasteiger partial charge is 0.507 e. The number of nitrogens with two attached hydrogens (primary N) is 1. The van der Waals surface area contributed by atoms with Gasteiger partial charge in [0, 0.05) is 47.6 Å². The lowest BCUT2D eigenvalue weighted by Crippen LogP contribution is -2.52. The molecule has 1 fully saturated rings. The summed E-state index contributed by atoms with van der Waals surface area (Å²) in [7, 11) is 0. The van der Waals surface area contributed by atoms with Crippen molar-refractivity contribution in [2.45, 2.75) is 69.4 Å². The lowest BCUT2D eigenvalue weighted by Gasteiger charge is -2.42. The molecule has 0 bridgehead atoms. The second-order valence-corrected chi connectivity index (χ2v) is 9.80. The normalized spacial score (nSPS) is 31.4. The summed E-state index contributed by atoms with van der Waals surface area (Å²) in [5.41, 5.74) is 3.38. The fraction of sp³-hybridized carbons (Fsp3) is 0.423. The zero-order valence-corrected chi connectivity index (χ0v) is 19.7. The highest BCUT2D eigenvalue weighted by Gasteiger charge is 2.49. The van der Waals surface area contributed by atoms with Crippen molar-refractivity contribution >= 4 is 17.3 Å². The third kappa shape index (κ3) is 3.56. The molecule has 2 aliphatic carbocycles. The number of fused-ring (bicyclic) bond motifs is 3. The number of ketones is 3. The fourth-order valence-corrected chi connectivity index (χ4v) is 5.42. The zero-order valence-electron chi connectivity index (χ0n) is 19.7. The number of aliphatic hydroxyl groups is 2. The highest BCUT2D eigenvalue weighted by molar-refractivity contribution is 6.30. The van der Waals surface area contributed by atoms with Crippen molar-refractivity contribution in [3.63, 3.8) is 0 Å². The van der Waals surface area contributed by atoms with E-state index in [0.717, 1.165) is 0 Å². The highest BCUT2D eigenvalue weighted by Crippen LogP contribution is 2.51. The quantitative estimate of drug-likeness (QED) is 0.328. The maximum atomic E-state index is 13.3. The molecule has 0 amide bonds. The molecule has 0 aromatic heterocycles. The molecule has 36 heavy (non-hydrogen) atoms. The lowest BCUT2D eigenvalue weighted by molar-refractivity contribution is -0.247. The second-order valence-electron chi connectivity index (χ2n) is 9.80. The predicted octanol–water partition coefficient (Wildman–Crippen LogP) is 1.02. The summed E-state index contributed by atoms with van der Waals surface area (Å²) in [6.45, 7) is 2.80. The van der Waals surface area contributed by atoms with E-state index in [-0.39, 0.29) is 46.2 Å². The summed E-state index contributed by atoms with van der Waals surface area (Å²) in [6, 6.07) is 5.40. The summed E-state index contributed by atoms with van der Waals surface area (Å²) < 4.78 is 11.8. The Kier molecular flexibility index (Phi) is 5.77. The molecule has 0 saturated carbocycles. The number of phenols is 2. The summed E-state index contributed by atoms with van der Waals surface area (Å²) in [4.78, 5) is 39.0. The molecule has 10 heteroatoms. The second kappa shape index (κ2) is 8.46. The number of Topliss-reactive ketones (excluding diaryl/α,β-unsaturated/α-hetero) is 1. The van der Waals surface area contributed by atoms with Crippen LogP contribution in [0, 0.1) is 0 Å². The SMILES string of the molecule is CC(=O)[C@]1(O)Cc2c(O)c3c(c(O)c2[C@@H](O[C@@H]2C[C@@H](N)[C@@H](O)[C@@H](C)O2)C1)C(=O)c1ccccc1C3=O. The van der Waals surface area contributed by atoms with Gasteiger partial charge in [0.15, 0.2) is 23.6 Å². The smallest absolute Gasteiger partial charge is 0.198 e. The Balaban J connectivity index is 1.66. The molecule has 10 nitrogen and oxygen atoms in total. The Morgan fingerprint density at radius 3 is 2.25 bits per heavy atom. The van der Waals surface area contributed by atoms with Gasteiger partial charge in [-0.15, -0.1) is 0 Å². The summed E-state index contributed by atoms with van der Waals surface area (Å²) in [5.74, 6) is -3.06. The van der Waals surface area contributed by atoms with Crippen molar-refractivity contribution in [2.24, 2.45) is 5.73 Å². The molecule has 1 aliphatic heterocycles. The average Bonchev–Trinajstić information content (AvgIpc) is 2.82. The number of benzene rings is 2. The standard InChI is InChI=1S/C26H27NO9/c1-10-21(29)15(27)7-17(35-10)36-16-9-26(34,11(2)28)8-14-18(16)25(33)20-19(24(14)32)22(30)12-5-3-4-6-13(12)23(20)31/h3-6,10,15-17,21,29,32-34H,7-9,27H2,1-2H3/t10-,15-,16+,17-,21+,26+/m1/s1. The molecule has 6 atom stereocenters. The number of carbonyl (C=O) groups excluding carboxylic acids is 3. The zero-order chi connectivity index (χ0) is 26.1. The molecule has 1 saturated heterocycles. The van der Waals surface area contributed by atoms with Crippen molar-refractivity contribution in [3.8, 4) is 11.5 Å². The molecule has 1 heterocycles. The van der Waals surface area contributed by atoms with Crippen LogP contribution in [0.15, 0.2) is 24.3 Å². The third-order valence-electron chi connectivity index (χ3n) is 7.50. The molecule has 0 unspecified atom stereocenters. The Labute approximate surface area is 206 Å². The Bertz CT molecular complexity index is 1290. The maximum Gasteiger partial charge on any atom is 0.198 e. The van der Waals surface area contributed by atoms with E-state index in [1.165, 1.54) is 19.1 Å². The molecule has 3 aliphatic rings. The molecular formula is C26H27NO9. The van der Waals surface area contributed by atoms with Gasteiger partial charge in [0.1, 0.15) is 17.1 Å². The van der Waals surface area contributed by atoms with Crippen molar-refractivity contribution in [3.05, 3.63) is 57.6 Å². The first-order chi connectivity index (χ1) is 16.9. The minimum Gasteiger partial charge on any atom is -0.507 e. The monoisotopic (exact) mass is 497 g/mol. The van der Waals surface area contributed by atoms with Gasteiger partial charge >= 0.3 is 0 Å². The van der Waals surface area contributed by atoms with Gasteiger partial charge in [0.2, 0.25) is 0 Å². The van der Waals surface area contributed by atoms with Crippen LogP contribution >= 0.6 is 0 Å². The van der Waals surface area contributed by atoms with Crippen LogP contribution in [0.25, 0.3) is 0 Å². The summed E-state index contributed by atoms with van der Waals surface area (Å²) >= 11 is 0. The van der Waals surface area contributed by atoms with Crippen molar-refractivity contribution in [1.82, 2.24) is 0 Å². The Hall–Kier alpha value is -3.15. The number of rotatable bonds is 3. The van der Waals surface area contributed by atoms with E-state index in [1.807, 2.05) is 0 Å². The van der Waals surface area contributed by atoms with E-state index < -0.39 is 71.5 Å². The molecule has 2 aromatic carbocycles. The summed E-state index contributed by atoms with van der Waals surface area (Å²) in [5, 5.41) is 43.8. The van der Waals surface area contributed by atoms with Gasteiger partial charge in [0.05, 0.1) is 29.4 Å². The van der Waals surface area contributed by atoms with Crippen LogP contribution in [-0.4, -0.2) is 67.9 Å². The fourth-order valence-electron chi connectivity index (χ4n) is 5.42. The Morgan fingerprint density at radius 2 is 1.69 bits per heavy atom. The van der Waals surface area contributed by atoms with Gasteiger partial charge in [-0.3, -0.25) is 14.4 Å². The summed E-state index contributed by atoms with van der Waals surface area (Å²) in [6.07, 6.45) is -4.38. The van der Waals surface area contributed by atoms with Gasteiger partial charge in [-0.1, -0.05) is 24.3 Å². The Morgan fingerprint density at radius 1 is 1.11 bits per heavy atom. The van der Waals surface area contributed by atoms with E-state index >= 15 is 0 Å². The van der Waals surface area contributed by atoms with Crippen molar-refractivity contribution < 1.29 is 44.3 Å². The number of aliphatic hydroxyl groups excluding tert-OH is 1. The minimum atomic E-state index is -1.97. The first kappa shape index (κ1) is 24.5. The van der Waals surface area contributed by atoms with Crippen LogP contribution in [0.4, 0.5) is 0 Å². The molecule has 2 aromatic rings. The van der Waals surface area contributed by atoms with Gasteiger partial charge < -0.3 is 35.6 Å². The van der Waals surface area contributed by atoms with Crippen molar-refractivity contribution in [2.75, 3.05) is 0 Å². The van der Waals surface area contributed by atoms with Crippen LogP contribution in [0.3, 0.4) is 0 Å². The molecule has 0 radical (unpaired) electrons. The molecule has 190 valence electrons. The highest BCUT2D eigenvalue weighted by atomic mass is 16.7. The minimum absolute atomic E-state index is 0.00588. The number of aromatic hydroxyl groups is 2. The van der Waals surface area contributed by atoms with Crippen LogP contribution in [-0.2, 0) is 20.7 Å². The van der Waals surface area contributed by atoms with Crippen LogP contribution in [0.5, 0.6) is 11.5 Å². The predicted molar refractivity (Wildman–Crippen MR) is 124 cm³/mol. The van der Waals surface area contributed by atoms with Crippen LogP contribution < -0.4 is 5.73 Å². The van der Waals surface area contributed by atoms with E-state index in [4.69, 9.17) is 15.2 Å². The first-order valence-corrected chi connectivity index (χ1v) is 11.7. The van der Waals surface area contributed by atoms with Crippen molar-refractivity contribution in [1.29, 1.82) is 0 Å².